The Morgan fingerprint density at radius 2 is 1.56 bits per heavy atom. The largest absolute Gasteiger partial charge is 0.396 e. The number of hydrogen-bond donors (Lipinski definition) is 3. The molecule has 0 bridgehead atoms. The molecule has 2 aromatic carbocycles. The first-order chi connectivity index (χ1) is 18.8. The molecule has 0 radical (unpaired) electrons. The van der Waals surface area contributed by atoms with E-state index in [2.05, 4.69) is 80.4 Å². The summed E-state index contributed by atoms with van der Waals surface area (Å²) < 4.78 is 0. The van der Waals surface area contributed by atoms with Crippen molar-refractivity contribution in [3.8, 4) is 0 Å². The Hall–Kier alpha value is -2.99. The van der Waals surface area contributed by atoms with E-state index in [-0.39, 0.29) is 5.91 Å². The van der Waals surface area contributed by atoms with Crippen LogP contribution in [-0.2, 0) is 11.3 Å². The lowest BCUT2D eigenvalue weighted by molar-refractivity contribution is -0.121. The summed E-state index contributed by atoms with van der Waals surface area (Å²) >= 11 is 0. The van der Waals surface area contributed by atoms with Crippen LogP contribution in [0.15, 0.2) is 48.5 Å². The summed E-state index contributed by atoms with van der Waals surface area (Å²) in [5.74, 6) is 7.67. The Bertz CT molecular complexity index is 1080. The molecule has 0 spiro atoms. The summed E-state index contributed by atoms with van der Waals surface area (Å²) in [5.41, 5.74) is 12.9. The Morgan fingerprint density at radius 1 is 0.897 bits per heavy atom. The smallest absolute Gasteiger partial charge is 0.219 e. The highest BCUT2D eigenvalue weighted by Gasteiger charge is 2.26. The molecule has 0 saturated carbocycles. The predicted octanol–water partition coefficient (Wildman–Crippen LogP) is 6.66. The molecule has 6 heteroatoms. The number of carbonyl (C=O) groups is 1. The molecule has 1 aliphatic rings. The van der Waals surface area contributed by atoms with Gasteiger partial charge in [-0.2, -0.15) is 0 Å². The number of nitrogens with two attached hydrogens (primary N) is 2. The first-order valence-corrected chi connectivity index (χ1v) is 15.0. The summed E-state index contributed by atoms with van der Waals surface area (Å²) in [5, 5.41) is 4.90. The van der Waals surface area contributed by atoms with Crippen LogP contribution in [0.25, 0.3) is 11.4 Å². The van der Waals surface area contributed by atoms with Gasteiger partial charge in [0.2, 0.25) is 5.91 Å². The second kappa shape index (κ2) is 15.6. The number of carbonyl (C=O) groups excluding carboxylic acids is 1. The van der Waals surface area contributed by atoms with Crippen LogP contribution in [0.4, 0.5) is 5.69 Å². The van der Waals surface area contributed by atoms with Gasteiger partial charge in [0.1, 0.15) is 0 Å². The van der Waals surface area contributed by atoms with Gasteiger partial charge in [-0.25, -0.2) is 5.84 Å². The summed E-state index contributed by atoms with van der Waals surface area (Å²) in [6.07, 6.45) is 9.39. The number of benzene rings is 2. The maximum absolute atomic E-state index is 12.2. The second-order valence-corrected chi connectivity index (χ2v) is 11.6. The summed E-state index contributed by atoms with van der Waals surface area (Å²) in [7, 11) is 0. The fourth-order valence-corrected chi connectivity index (χ4v) is 5.36. The van der Waals surface area contributed by atoms with Crippen molar-refractivity contribution in [2.24, 2.45) is 17.5 Å². The molecule has 0 fully saturated rings. The van der Waals surface area contributed by atoms with E-state index in [0.717, 1.165) is 67.2 Å². The van der Waals surface area contributed by atoms with Crippen LogP contribution in [-0.4, -0.2) is 30.0 Å². The Labute approximate surface area is 236 Å². The topological polar surface area (TPSA) is 87.6 Å². The predicted molar refractivity (Wildman–Crippen MR) is 165 cm³/mol. The Kier molecular flexibility index (Phi) is 12.2. The fourth-order valence-electron chi connectivity index (χ4n) is 5.36. The zero-order chi connectivity index (χ0) is 28.2. The number of anilines is 1. The van der Waals surface area contributed by atoms with Crippen LogP contribution < -0.4 is 21.8 Å². The van der Waals surface area contributed by atoms with Crippen molar-refractivity contribution in [1.82, 2.24) is 10.3 Å². The van der Waals surface area contributed by atoms with Crippen molar-refractivity contribution in [1.29, 1.82) is 0 Å². The van der Waals surface area contributed by atoms with E-state index in [1.807, 2.05) is 11.1 Å². The third-order valence-electron chi connectivity index (χ3n) is 7.62. The molecule has 3 rings (SSSR count). The zero-order valence-electron chi connectivity index (χ0n) is 24.7. The quantitative estimate of drug-likeness (QED) is 0.135. The molecule has 0 atom stereocenters. The highest BCUT2D eigenvalue weighted by atomic mass is 16.1. The average molecular weight is 534 g/mol. The Morgan fingerprint density at radius 3 is 2.31 bits per heavy atom. The average Bonchev–Trinajstić information content (AvgIpc) is 2.90. The molecule has 2 aromatic rings. The minimum atomic E-state index is 0.160. The number of nitrogens with zero attached hydrogens (tertiary/aromatic N) is 2. The van der Waals surface area contributed by atoms with Crippen LogP contribution in [0, 0.1) is 5.92 Å². The molecule has 6 nitrogen and oxygen atoms in total. The summed E-state index contributed by atoms with van der Waals surface area (Å²) in [4.78, 5) is 14.7. The molecule has 1 heterocycles. The van der Waals surface area contributed by atoms with Crippen LogP contribution in [0.5, 0.6) is 0 Å². The molecule has 1 amide bonds. The van der Waals surface area contributed by atoms with Gasteiger partial charge < -0.3 is 21.0 Å². The second-order valence-electron chi connectivity index (χ2n) is 11.6. The first-order valence-electron chi connectivity index (χ1n) is 15.0. The standard InChI is InChI=1S/C33H51N5O/c1-25(2)16-8-5-6-14-22-36-31(39)21-9-7-15-23-38(35)33-29-19-12-13-20-30(29)37(26(3)4)24-27-17-10-11-18-28(27)32(33)34/h10-13,17-20,25-26H,5-9,14-16,21-24,34-35H2,1-4H3,(H,36,39)/b33-32-. The van der Waals surface area contributed by atoms with Crippen LogP contribution >= 0.6 is 0 Å². The van der Waals surface area contributed by atoms with E-state index in [4.69, 9.17) is 11.6 Å². The van der Waals surface area contributed by atoms with E-state index < -0.39 is 0 Å². The van der Waals surface area contributed by atoms with Crippen LogP contribution in [0.2, 0.25) is 0 Å². The normalized spacial score (nSPS) is 15.1. The molecule has 1 aliphatic heterocycles. The third kappa shape index (κ3) is 9.03. The number of para-hydroxylation sites is 1. The number of hydrogen-bond acceptors (Lipinski definition) is 5. The van der Waals surface area contributed by atoms with Crippen molar-refractivity contribution in [2.75, 3.05) is 18.0 Å². The lowest BCUT2D eigenvalue weighted by atomic mass is 9.95. The molecular weight excluding hydrogens is 482 g/mol. The monoisotopic (exact) mass is 533 g/mol. The van der Waals surface area contributed by atoms with Crippen molar-refractivity contribution < 1.29 is 4.79 Å². The molecular formula is C33H51N5O. The zero-order valence-corrected chi connectivity index (χ0v) is 24.7. The molecule has 39 heavy (non-hydrogen) atoms. The number of amides is 1. The van der Waals surface area contributed by atoms with E-state index in [1.54, 1.807) is 0 Å². The SMILES string of the molecule is CC(C)CCCCCCNC(=O)CCCCCN(N)/C1=C(\N)c2ccccc2CN(C(C)C)c2ccccc21. The van der Waals surface area contributed by atoms with Gasteiger partial charge in [0.25, 0.3) is 0 Å². The number of fused-ring (bicyclic) bond motifs is 2. The van der Waals surface area contributed by atoms with Crippen molar-refractivity contribution in [3.63, 3.8) is 0 Å². The molecule has 0 unspecified atom stereocenters. The first kappa shape index (κ1) is 30.6. The fraction of sp³-hybridized carbons (Fsp3) is 0.545. The highest BCUT2D eigenvalue weighted by Crippen LogP contribution is 2.37. The van der Waals surface area contributed by atoms with Crippen molar-refractivity contribution in [3.05, 3.63) is 65.2 Å². The molecule has 0 aromatic heterocycles. The third-order valence-corrected chi connectivity index (χ3v) is 7.62. The van der Waals surface area contributed by atoms with E-state index in [9.17, 15) is 4.79 Å². The van der Waals surface area contributed by atoms with Gasteiger partial charge in [-0.15, -0.1) is 0 Å². The van der Waals surface area contributed by atoms with E-state index >= 15 is 0 Å². The van der Waals surface area contributed by atoms with Gasteiger partial charge in [0, 0.05) is 48.9 Å². The lowest BCUT2D eigenvalue weighted by Crippen LogP contribution is -2.36. The molecule has 5 N–H and O–H groups in total. The van der Waals surface area contributed by atoms with Gasteiger partial charge in [-0.3, -0.25) is 4.79 Å². The van der Waals surface area contributed by atoms with Crippen molar-refractivity contribution in [2.45, 2.75) is 98.1 Å². The minimum Gasteiger partial charge on any atom is -0.396 e. The van der Waals surface area contributed by atoms with Gasteiger partial charge in [-0.05, 0) is 50.7 Å². The number of nitrogens with one attached hydrogen (secondary N) is 1. The van der Waals surface area contributed by atoms with E-state index in [0.29, 0.717) is 24.7 Å². The number of hydrazine groups is 1. The highest BCUT2D eigenvalue weighted by molar-refractivity contribution is 5.93. The van der Waals surface area contributed by atoms with Crippen molar-refractivity contribution >= 4 is 23.0 Å². The van der Waals surface area contributed by atoms with Gasteiger partial charge in [-0.1, -0.05) is 88.4 Å². The van der Waals surface area contributed by atoms with Crippen LogP contribution in [0.1, 0.15) is 102 Å². The molecule has 214 valence electrons. The number of unbranched alkanes of at least 4 members (excludes halogenated alkanes) is 5. The van der Waals surface area contributed by atoms with Gasteiger partial charge in [0.05, 0.1) is 11.4 Å². The van der Waals surface area contributed by atoms with Gasteiger partial charge in [0.15, 0.2) is 0 Å². The maximum atomic E-state index is 12.2. The summed E-state index contributed by atoms with van der Waals surface area (Å²) in [6.45, 7) is 11.2. The number of rotatable bonds is 15. The molecule has 0 aliphatic carbocycles. The van der Waals surface area contributed by atoms with Gasteiger partial charge >= 0.3 is 0 Å². The summed E-state index contributed by atoms with van der Waals surface area (Å²) in [6, 6.07) is 17.1. The minimum absolute atomic E-state index is 0.160. The lowest BCUT2D eigenvalue weighted by Gasteiger charge is -2.36. The Balaban J connectivity index is 1.55. The van der Waals surface area contributed by atoms with Crippen LogP contribution in [0.3, 0.4) is 0 Å². The van der Waals surface area contributed by atoms with E-state index in [1.165, 1.54) is 31.2 Å². The maximum Gasteiger partial charge on any atom is 0.219 e. The molecule has 0 saturated heterocycles.